The van der Waals surface area contributed by atoms with Gasteiger partial charge in [-0.3, -0.25) is 4.79 Å². The zero-order valence-electron chi connectivity index (χ0n) is 5.92. The summed E-state index contributed by atoms with van der Waals surface area (Å²) in [7, 11) is 3.43. The smallest absolute Gasteiger partial charge is 0.243 e. The summed E-state index contributed by atoms with van der Waals surface area (Å²) >= 11 is 0. The van der Waals surface area contributed by atoms with Crippen LogP contribution in [-0.2, 0) is 4.79 Å². The van der Waals surface area contributed by atoms with Crippen LogP contribution in [-0.4, -0.2) is 24.5 Å². The maximum Gasteiger partial charge on any atom is 0.243 e. The summed E-state index contributed by atoms with van der Waals surface area (Å²) in [4.78, 5) is 10.5. The van der Waals surface area contributed by atoms with Crippen LogP contribution in [0.15, 0.2) is 12.7 Å². The maximum atomic E-state index is 10.5. The zero-order chi connectivity index (χ0) is 7.82. The van der Waals surface area contributed by atoms with E-state index >= 15 is 0 Å². The number of carbonyl (C=O) groups is 1. The third-order valence-electron chi connectivity index (χ3n) is 0.788. The lowest BCUT2D eigenvalue weighted by molar-refractivity contribution is -0.116. The van der Waals surface area contributed by atoms with E-state index in [4.69, 9.17) is 0 Å². The molecule has 0 aromatic carbocycles. The van der Waals surface area contributed by atoms with Crippen molar-refractivity contribution in [2.45, 2.75) is 0 Å². The predicted octanol–water partition coefficient (Wildman–Crippen LogP) is 1.30. The average Bonchev–Trinajstić information content (AvgIpc) is 1.98. The molecule has 0 heterocycles. The van der Waals surface area contributed by atoms with Gasteiger partial charge in [0.25, 0.3) is 0 Å². The van der Waals surface area contributed by atoms with Crippen molar-refractivity contribution in [1.29, 1.82) is 0 Å². The molecule has 0 aromatic heterocycles. The van der Waals surface area contributed by atoms with E-state index in [-0.39, 0.29) is 5.91 Å². The number of amides is 1. The van der Waals surface area contributed by atoms with Crippen LogP contribution in [0.2, 0.25) is 0 Å². The van der Waals surface area contributed by atoms with E-state index in [1.165, 1.54) is 6.08 Å². The molecule has 58 valence electrons. The van der Waals surface area contributed by atoms with Crippen molar-refractivity contribution >= 4 is 27.5 Å². The van der Waals surface area contributed by atoms with Crippen molar-refractivity contribution < 1.29 is 4.79 Å². The molecule has 0 atom stereocenters. The molecule has 0 aliphatic carbocycles. The van der Waals surface area contributed by atoms with Gasteiger partial charge in [0.1, 0.15) is 0 Å². The van der Waals surface area contributed by atoms with Gasteiger partial charge in [0.2, 0.25) is 5.91 Å². The van der Waals surface area contributed by atoms with Crippen LogP contribution in [0.25, 0.3) is 0 Å². The van der Waals surface area contributed by atoms with Crippen LogP contribution in [0.4, 0.5) is 0 Å². The number of rotatable bonds is 5. The second-order valence-corrected chi connectivity index (χ2v) is 4.17. The van der Waals surface area contributed by atoms with Gasteiger partial charge in [-0.2, -0.15) is 0 Å². The van der Waals surface area contributed by atoms with E-state index in [0.717, 1.165) is 12.3 Å². The quantitative estimate of drug-likeness (QED) is 0.390. The Kier molecular flexibility index (Phi) is 6.96. The third kappa shape index (κ3) is 6.04. The Morgan fingerprint density at radius 3 is 3.00 bits per heavy atom. The Labute approximate surface area is 69.2 Å². The summed E-state index contributed by atoms with van der Waals surface area (Å²) in [5, 5.41) is 2.68. The maximum absolute atomic E-state index is 10.5. The normalized spacial score (nSPS) is 8.90. The number of hydrogen-bond donors (Lipinski definition) is 1. The Balaban J connectivity index is 3.03. The minimum Gasteiger partial charge on any atom is -0.352 e. The van der Waals surface area contributed by atoms with Crippen molar-refractivity contribution in [1.82, 2.24) is 5.32 Å². The lowest BCUT2D eigenvalue weighted by atomic mass is 10.6. The molecule has 1 amide bonds. The minimum atomic E-state index is -0.0956. The van der Waals surface area contributed by atoms with E-state index in [0.29, 0.717) is 0 Å². The van der Waals surface area contributed by atoms with Gasteiger partial charge in [-0.15, -0.1) is 0 Å². The highest BCUT2D eigenvalue weighted by Crippen LogP contribution is 2.14. The van der Waals surface area contributed by atoms with Crippen LogP contribution >= 0.6 is 21.6 Å². The third-order valence-corrected chi connectivity index (χ3v) is 2.60. The van der Waals surface area contributed by atoms with Gasteiger partial charge < -0.3 is 5.32 Å². The van der Waals surface area contributed by atoms with E-state index in [1.807, 2.05) is 6.26 Å². The van der Waals surface area contributed by atoms with Crippen LogP contribution < -0.4 is 5.32 Å². The molecule has 1 N–H and O–H groups in total. The van der Waals surface area contributed by atoms with E-state index in [9.17, 15) is 4.79 Å². The first-order chi connectivity index (χ1) is 4.81. The summed E-state index contributed by atoms with van der Waals surface area (Å²) in [5.41, 5.74) is 0. The Hall–Kier alpha value is -0.0900. The Morgan fingerprint density at radius 2 is 2.50 bits per heavy atom. The average molecular weight is 177 g/mol. The van der Waals surface area contributed by atoms with Gasteiger partial charge in [-0.25, -0.2) is 0 Å². The number of nitrogens with one attached hydrogen (secondary N) is 1. The number of hydrogen-bond acceptors (Lipinski definition) is 3. The largest absolute Gasteiger partial charge is 0.352 e. The minimum absolute atomic E-state index is 0.0956. The van der Waals surface area contributed by atoms with Crippen LogP contribution in [0.5, 0.6) is 0 Å². The highest BCUT2D eigenvalue weighted by Gasteiger charge is 1.90. The van der Waals surface area contributed by atoms with Crippen molar-refractivity contribution in [2.24, 2.45) is 0 Å². The molecule has 4 heteroatoms. The lowest BCUT2D eigenvalue weighted by Gasteiger charge is -1.98. The van der Waals surface area contributed by atoms with Gasteiger partial charge >= 0.3 is 0 Å². The summed E-state index contributed by atoms with van der Waals surface area (Å²) in [5.74, 6) is 0.850. The molecule has 0 bridgehead atoms. The van der Waals surface area contributed by atoms with E-state index in [2.05, 4.69) is 11.9 Å². The van der Waals surface area contributed by atoms with Crippen molar-refractivity contribution in [3.8, 4) is 0 Å². The molecule has 0 saturated carbocycles. The fourth-order valence-electron chi connectivity index (χ4n) is 0.371. The first-order valence-electron chi connectivity index (χ1n) is 2.87. The fraction of sp³-hybridized carbons (Fsp3) is 0.500. The van der Waals surface area contributed by atoms with Gasteiger partial charge in [-0.1, -0.05) is 28.2 Å². The Morgan fingerprint density at radius 1 is 1.80 bits per heavy atom. The molecule has 0 unspecified atom stereocenters. The molecule has 0 aromatic rings. The summed E-state index contributed by atoms with van der Waals surface area (Å²) < 4.78 is 0. The standard InChI is InChI=1S/C6H11NOS2/c1-3-6(8)7-4-5-10-9-2/h3H,1,4-5H2,2H3,(H,7,8). The van der Waals surface area contributed by atoms with Gasteiger partial charge in [0.15, 0.2) is 0 Å². The molecule has 2 nitrogen and oxygen atoms in total. The van der Waals surface area contributed by atoms with Crippen molar-refractivity contribution in [3.05, 3.63) is 12.7 Å². The fourth-order valence-corrected chi connectivity index (χ4v) is 1.47. The molecule has 0 rings (SSSR count). The molecule has 0 fully saturated rings. The molecule has 0 aliphatic heterocycles. The highest BCUT2D eigenvalue weighted by atomic mass is 33.1. The number of carbonyl (C=O) groups excluding carboxylic acids is 1. The molecule has 0 saturated heterocycles. The first kappa shape index (κ1) is 9.91. The Bertz CT molecular complexity index is 116. The molecular weight excluding hydrogens is 166 g/mol. The zero-order valence-corrected chi connectivity index (χ0v) is 7.56. The predicted molar refractivity (Wildman–Crippen MR) is 49.2 cm³/mol. The van der Waals surface area contributed by atoms with Crippen LogP contribution in [0.1, 0.15) is 0 Å². The summed E-state index contributed by atoms with van der Waals surface area (Å²) in [6.07, 6.45) is 3.30. The van der Waals surface area contributed by atoms with Gasteiger partial charge in [0.05, 0.1) is 0 Å². The molecule has 0 spiro atoms. The summed E-state index contributed by atoms with van der Waals surface area (Å²) in [6, 6.07) is 0. The second kappa shape index (κ2) is 7.02. The molecule has 0 aliphatic rings. The highest BCUT2D eigenvalue weighted by molar-refractivity contribution is 8.76. The van der Waals surface area contributed by atoms with E-state index in [1.54, 1.807) is 21.6 Å². The van der Waals surface area contributed by atoms with Crippen molar-refractivity contribution in [2.75, 3.05) is 18.6 Å². The van der Waals surface area contributed by atoms with Crippen LogP contribution in [0.3, 0.4) is 0 Å². The van der Waals surface area contributed by atoms with Crippen molar-refractivity contribution in [3.63, 3.8) is 0 Å². The molecular formula is C6H11NOS2. The SMILES string of the molecule is C=CC(=O)NCCSSC. The topological polar surface area (TPSA) is 29.1 Å². The molecule has 10 heavy (non-hydrogen) atoms. The van der Waals surface area contributed by atoms with Gasteiger partial charge in [-0.05, 0) is 12.3 Å². The molecule has 0 radical (unpaired) electrons. The monoisotopic (exact) mass is 177 g/mol. The lowest BCUT2D eigenvalue weighted by Crippen LogP contribution is -2.22. The van der Waals surface area contributed by atoms with Crippen LogP contribution in [0, 0.1) is 0 Å². The second-order valence-electron chi connectivity index (χ2n) is 1.48. The van der Waals surface area contributed by atoms with E-state index < -0.39 is 0 Å². The van der Waals surface area contributed by atoms with Gasteiger partial charge in [0, 0.05) is 12.3 Å². The summed E-state index contributed by atoms with van der Waals surface area (Å²) in [6.45, 7) is 4.05. The first-order valence-corrected chi connectivity index (χ1v) is 5.60.